The summed E-state index contributed by atoms with van der Waals surface area (Å²) in [5.74, 6) is 1.09. The second-order valence-electron chi connectivity index (χ2n) is 4.66. The summed E-state index contributed by atoms with van der Waals surface area (Å²) in [6, 6.07) is 0. The van der Waals surface area contributed by atoms with E-state index in [0.717, 1.165) is 5.75 Å². The van der Waals surface area contributed by atoms with Crippen LogP contribution >= 0.6 is 23.4 Å². The van der Waals surface area contributed by atoms with Crippen molar-refractivity contribution in [1.82, 2.24) is 0 Å². The van der Waals surface area contributed by atoms with Gasteiger partial charge in [-0.3, -0.25) is 4.79 Å². The second-order valence-corrected chi connectivity index (χ2v) is 6.05. The topological polar surface area (TPSA) is 17.1 Å². The summed E-state index contributed by atoms with van der Waals surface area (Å²) in [5, 5.41) is 1.41. The number of unbranched alkanes of at least 4 members (excludes halogenated alkanes) is 9. The van der Waals surface area contributed by atoms with E-state index in [0.29, 0.717) is 0 Å². The summed E-state index contributed by atoms with van der Waals surface area (Å²) < 4.78 is 0. The van der Waals surface area contributed by atoms with E-state index < -0.39 is 0 Å². The zero-order valence-corrected chi connectivity index (χ0v) is 13.2. The molecule has 0 saturated heterocycles. The van der Waals surface area contributed by atoms with Crippen molar-refractivity contribution < 1.29 is 4.79 Å². The summed E-state index contributed by atoms with van der Waals surface area (Å²) in [6.07, 6.45) is 15.1. The van der Waals surface area contributed by atoms with Crippen LogP contribution in [0.3, 0.4) is 0 Å². The maximum Gasteiger partial charge on any atom is 0.245 e. The molecule has 0 N–H and O–H groups in total. The van der Waals surface area contributed by atoms with Gasteiger partial charge in [-0.25, -0.2) is 0 Å². The monoisotopic (exact) mass is 290 g/mol. The third-order valence-corrected chi connectivity index (χ3v) is 3.89. The van der Waals surface area contributed by atoms with Crippen LogP contribution in [0.15, 0.2) is 11.5 Å². The molecule has 0 fully saturated rings. The SMILES string of the molecule is CCCCCCCCCCCCSC=CC(=O)Cl. The van der Waals surface area contributed by atoms with Gasteiger partial charge in [0.05, 0.1) is 0 Å². The molecule has 0 unspecified atom stereocenters. The first-order chi connectivity index (χ1) is 8.77. The molecule has 0 spiro atoms. The molecule has 0 atom stereocenters. The quantitative estimate of drug-likeness (QED) is 0.238. The Kier molecular flexibility index (Phi) is 15.2. The van der Waals surface area contributed by atoms with Crippen LogP contribution in [0.5, 0.6) is 0 Å². The molecule has 0 radical (unpaired) electrons. The fourth-order valence-electron chi connectivity index (χ4n) is 1.84. The predicted molar refractivity (Wildman–Crippen MR) is 84.3 cm³/mol. The lowest BCUT2D eigenvalue weighted by molar-refractivity contribution is -0.107. The standard InChI is InChI=1S/C15H27ClOS/c1-2-3-4-5-6-7-8-9-10-11-13-18-14-12-15(16)17/h12,14H,2-11,13H2,1H3. The van der Waals surface area contributed by atoms with Gasteiger partial charge < -0.3 is 0 Å². The highest BCUT2D eigenvalue weighted by atomic mass is 35.5. The Morgan fingerprint density at radius 2 is 1.44 bits per heavy atom. The lowest BCUT2D eigenvalue weighted by atomic mass is 10.1. The molecular weight excluding hydrogens is 264 g/mol. The highest BCUT2D eigenvalue weighted by Gasteiger charge is 1.92. The maximum atomic E-state index is 10.4. The molecular formula is C15H27ClOS. The van der Waals surface area contributed by atoms with Crippen LogP contribution in [-0.4, -0.2) is 11.0 Å². The number of allylic oxidation sites excluding steroid dienone is 1. The molecule has 0 rings (SSSR count). The van der Waals surface area contributed by atoms with E-state index in [1.807, 2.05) is 0 Å². The zero-order valence-electron chi connectivity index (χ0n) is 11.6. The minimum absolute atomic E-state index is 0.384. The van der Waals surface area contributed by atoms with Gasteiger partial charge in [0.1, 0.15) is 0 Å². The van der Waals surface area contributed by atoms with Crippen molar-refractivity contribution in [2.45, 2.75) is 71.1 Å². The van der Waals surface area contributed by atoms with Gasteiger partial charge in [0.25, 0.3) is 0 Å². The minimum atomic E-state index is -0.384. The molecule has 0 amide bonds. The van der Waals surface area contributed by atoms with Crippen LogP contribution in [0.2, 0.25) is 0 Å². The van der Waals surface area contributed by atoms with Crippen molar-refractivity contribution in [2.24, 2.45) is 0 Å². The van der Waals surface area contributed by atoms with Gasteiger partial charge in [-0.05, 0) is 29.2 Å². The number of thioether (sulfide) groups is 1. The molecule has 0 aromatic carbocycles. The molecule has 0 saturated carbocycles. The predicted octanol–water partition coefficient (Wildman–Crippen LogP) is 5.92. The average Bonchev–Trinajstić information content (AvgIpc) is 2.34. The van der Waals surface area contributed by atoms with E-state index in [1.54, 1.807) is 17.2 Å². The van der Waals surface area contributed by atoms with Crippen LogP contribution in [0, 0.1) is 0 Å². The van der Waals surface area contributed by atoms with Crippen LogP contribution in [0.25, 0.3) is 0 Å². The molecule has 3 heteroatoms. The molecule has 0 aliphatic heterocycles. The van der Waals surface area contributed by atoms with Crippen molar-refractivity contribution in [2.75, 3.05) is 5.75 Å². The van der Waals surface area contributed by atoms with Gasteiger partial charge in [-0.2, -0.15) is 0 Å². The summed E-state index contributed by atoms with van der Waals surface area (Å²) in [4.78, 5) is 10.4. The summed E-state index contributed by atoms with van der Waals surface area (Å²) >= 11 is 6.85. The lowest BCUT2D eigenvalue weighted by Crippen LogP contribution is -1.83. The summed E-state index contributed by atoms with van der Waals surface area (Å²) in [6.45, 7) is 2.26. The fraction of sp³-hybridized carbons (Fsp3) is 0.800. The van der Waals surface area contributed by atoms with E-state index in [-0.39, 0.29) is 5.24 Å². The number of carbonyl (C=O) groups is 1. The summed E-state index contributed by atoms with van der Waals surface area (Å²) in [5.41, 5.74) is 0. The van der Waals surface area contributed by atoms with Crippen LogP contribution in [0.1, 0.15) is 71.1 Å². The molecule has 106 valence electrons. The van der Waals surface area contributed by atoms with E-state index in [1.165, 1.54) is 70.3 Å². The molecule has 1 nitrogen and oxygen atoms in total. The van der Waals surface area contributed by atoms with E-state index in [9.17, 15) is 4.79 Å². The highest BCUT2D eigenvalue weighted by Crippen LogP contribution is 2.12. The van der Waals surface area contributed by atoms with Gasteiger partial charge in [0, 0.05) is 6.08 Å². The molecule has 0 aromatic rings. The average molecular weight is 291 g/mol. The van der Waals surface area contributed by atoms with Crippen molar-refractivity contribution in [1.29, 1.82) is 0 Å². The zero-order chi connectivity index (χ0) is 13.5. The fourth-order valence-corrected chi connectivity index (χ4v) is 2.71. The smallest absolute Gasteiger partial charge is 0.245 e. The Balaban J connectivity index is 3.01. The first-order valence-electron chi connectivity index (χ1n) is 7.25. The maximum absolute atomic E-state index is 10.4. The second kappa shape index (κ2) is 15.1. The number of hydrogen-bond acceptors (Lipinski definition) is 2. The van der Waals surface area contributed by atoms with Crippen molar-refractivity contribution in [3.05, 3.63) is 11.5 Å². The van der Waals surface area contributed by atoms with Crippen LogP contribution in [-0.2, 0) is 4.79 Å². The first-order valence-corrected chi connectivity index (χ1v) is 8.67. The third kappa shape index (κ3) is 16.1. The van der Waals surface area contributed by atoms with Gasteiger partial charge >= 0.3 is 0 Å². The Morgan fingerprint density at radius 1 is 0.944 bits per heavy atom. The van der Waals surface area contributed by atoms with E-state index in [4.69, 9.17) is 11.6 Å². The third-order valence-electron chi connectivity index (χ3n) is 2.91. The van der Waals surface area contributed by atoms with Crippen molar-refractivity contribution in [3.63, 3.8) is 0 Å². The Morgan fingerprint density at radius 3 is 1.94 bits per heavy atom. The number of carbonyl (C=O) groups excluding carboxylic acids is 1. The molecule has 0 heterocycles. The molecule has 0 aliphatic rings. The van der Waals surface area contributed by atoms with E-state index in [2.05, 4.69) is 6.92 Å². The van der Waals surface area contributed by atoms with Gasteiger partial charge in [0.2, 0.25) is 5.24 Å². The first kappa shape index (κ1) is 18.0. The van der Waals surface area contributed by atoms with Crippen LogP contribution in [0.4, 0.5) is 0 Å². The highest BCUT2D eigenvalue weighted by molar-refractivity contribution is 8.02. The molecule has 0 bridgehead atoms. The number of halogens is 1. The largest absolute Gasteiger partial charge is 0.276 e. The Bertz CT molecular complexity index is 217. The Labute approximate surface area is 122 Å². The minimum Gasteiger partial charge on any atom is -0.276 e. The molecule has 0 aromatic heterocycles. The van der Waals surface area contributed by atoms with Crippen molar-refractivity contribution >= 4 is 28.6 Å². The van der Waals surface area contributed by atoms with Gasteiger partial charge in [-0.1, -0.05) is 64.7 Å². The van der Waals surface area contributed by atoms with Crippen LogP contribution < -0.4 is 0 Å². The summed E-state index contributed by atoms with van der Waals surface area (Å²) in [7, 11) is 0. The number of hydrogen-bond donors (Lipinski definition) is 0. The molecule has 0 aliphatic carbocycles. The normalized spacial score (nSPS) is 11.2. The molecule has 18 heavy (non-hydrogen) atoms. The lowest BCUT2D eigenvalue weighted by Gasteiger charge is -2.01. The number of rotatable bonds is 13. The van der Waals surface area contributed by atoms with Gasteiger partial charge in [-0.15, -0.1) is 11.8 Å². The van der Waals surface area contributed by atoms with Crippen molar-refractivity contribution in [3.8, 4) is 0 Å². The van der Waals surface area contributed by atoms with Gasteiger partial charge in [0.15, 0.2) is 0 Å². The van der Waals surface area contributed by atoms with E-state index >= 15 is 0 Å². The Hall–Kier alpha value is 0.0500.